The molecule has 1 aliphatic heterocycles. The molecule has 114 valence electrons. The Morgan fingerprint density at radius 3 is 2.40 bits per heavy atom. The normalized spacial score (nSPS) is 23.0. The fourth-order valence-electron chi connectivity index (χ4n) is 3.02. The average molecular weight is 300 g/mol. The standard InChI is InChI=1S/C14H24N2O3S/c17-12(18)14(6-2-1-3-7-14)10-15-13(19)16-11-4-8-20-9-5-11/h11H,1-10H2,(H,17,18)(H2,15,16,19). The second-order valence-electron chi connectivity index (χ2n) is 5.86. The molecule has 3 N–H and O–H groups in total. The van der Waals surface area contributed by atoms with Crippen LogP contribution in [-0.2, 0) is 4.79 Å². The number of urea groups is 1. The Labute approximate surface area is 124 Å². The van der Waals surface area contributed by atoms with Crippen LogP contribution in [0.1, 0.15) is 44.9 Å². The predicted octanol–water partition coefficient (Wildman–Crippen LogP) is 2.22. The molecule has 2 fully saturated rings. The zero-order valence-electron chi connectivity index (χ0n) is 11.8. The number of carboxylic acid groups (broad SMARTS) is 1. The summed E-state index contributed by atoms with van der Waals surface area (Å²) in [5.41, 5.74) is -0.752. The van der Waals surface area contributed by atoms with Gasteiger partial charge in [-0.05, 0) is 37.2 Å². The Hall–Kier alpha value is -0.910. The number of rotatable bonds is 4. The van der Waals surface area contributed by atoms with E-state index in [9.17, 15) is 14.7 Å². The maximum Gasteiger partial charge on any atom is 0.315 e. The first kappa shape index (κ1) is 15.5. The van der Waals surface area contributed by atoms with Gasteiger partial charge in [0.25, 0.3) is 0 Å². The second kappa shape index (κ2) is 7.20. The van der Waals surface area contributed by atoms with Crippen molar-refractivity contribution in [1.29, 1.82) is 0 Å². The molecule has 0 radical (unpaired) electrons. The van der Waals surface area contributed by atoms with E-state index >= 15 is 0 Å². The summed E-state index contributed by atoms with van der Waals surface area (Å²) in [6.45, 7) is 0.246. The molecule has 5 nitrogen and oxygen atoms in total. The highest BCUT2D eigenvalue weighted by molar-refractivity contribution is 7.99. The van der Waals surface area contributed by atoms with Crippen molar-refractivity contribution in [3.05, 3.63) is 0 Å². The number of carboxylic acids is 1. The number of carbonyl (C=O) groups excluding carboxylic acids is 1. The molecule has 6 heteroatoms. The van der Waals surface area contributed by atoms with Gasteiger partial charge in [0.05, 0.1) is 5.41 Å². The van der Waals surface area contributed by atoms with Crippen molar-refractivity contribution in [2.24, 2.45) is 5.41 Å². The van der Waals surface area contributed by atoms with Gasteiger partial charge in [0.15, 0.2) is 0 Å². The minimum Gasteiger partial charge on any atom is -0.481 e. The van der Waals surface area contributed by atoms with Crippen LogP contribution < -0.4 is 10.6 Å². The van der Waals surface area contributed by atoms with Gasteiger partial charge >= 0.3 is 12.0 Å². The minimum atomic E-state index is -0.772. The Kier molecular flexibility index (Phi) is 5.57. The van der Waals surface area contributed by atoms with Crippen molar-refractivity contribution >= 4 is 23.8 Å². The van der Waals surface area contributed by atoms with Gasteiger partial charge in [0.2, 0.25) is 0 Å². The molecule has 1 saturated carbocycles. The summed E-state index contributed by atoms with van der Waals surface area (Å²) in [6.07, 6.45) is 6.32. The molecule has 0 aromatic heterocycles. The van der Waals surface area contributed by atoms with Crippen molar-refractivity contribution in [2.75, 3.05) is 18.1 Å². The summed E-state index contributed by atoms with van der Waals surface area (Å²) in [5, 5.41) is 15.2. The van der Waals surface area contributed by atoms with Crippen LogP contribution in [0.2, 0.25) is 0 Å². The van der Waals surface area contributed by atoms with E-state index in [4.69, 9.17) is 0 Å². The van der Waals surface area contributed by atoms with Crippen LogP contribution in [0.5, 0.6) is 0 Å². The molecule has 2 aliphatic rings. The van der Waals surface area contributed by atoms with E-state index in [1.54, 1.807) is 0 Å². The molecule has 2 rings (SSSR count). The fourth-order valence-corrected chi connectivity index (χ4v) is 4.13. The lowest BCUT2D eigenvalue weighted by atomic mass is 9.74. The lowest BCUT2D eigenvalue weighted by molar-refractivity contribution is -0.150. The molecule has 0 unspecified atom stereocenters. The summed E-state index contributed by atoms with van der Waals surface area (Å²) < 4.78 is 0. The van der Waals surface area contributed by atoms with Gasteiger partial charge in [-0.25, -0.2) is 4.79 Å². The van der Waals surface area contributed by atoms with Crippen molar-refractivity contribution in [3.63, 3.8) is 0 Å². The number of thioether (sulfide) groups is 1. The van der Waals surface area contributed by atoms with Gasteiger partial charge in [-0.1, -0.05) is 19.3 Å². The number of aliphatic carboxylic acids is 1. The zero-order valence-corrected chi connectivity index (χ0v) is 12.6. The Balaban J connectivity index is 1.79. The molecule has 1 saturated heterocycles. The van der Waals surface area contributed by atoms with Gasteiger partial charge in [0, 0.05) is 12.6 Å². The first-order valence-corrected chi connectivity index (χ1v) is 8.63. The van der Waals surface area contributed by atoms with Crippen molar-refractivity contribution in [1.82, 2.24) is 10.6 Å². The van der Waals surface area contributed by atoms with Gasteiger partial charge in [-0.3, -0.25) is 4.79 Å². The summed E-state index contributed by atoms with van der Waals surface area (Å²) in [5.74, 6) is 1.40. The van der Waals surface area contributed by atoms with Gasteiger partial charge < -0.3 is 15.7 Å². The Morgan fingerprint density at radius 1 is 1.15 bits per heavy atom. The maximum absolute atomic E-state index is 11.9. The van der Waals surface area contributed by atoms with Crippen LogP contribution in [0, 0.1) is 5.41 Å². The Bertz CT molecular complexity index is 350. The molecule has 0 aromatic carbocycles. The van der Waals surface area contributed by atoms with E-state index in [1.165, 1.54) is 0 Å². The third kappa shape index (κ3) is 4.04. The van der Waals surface area contributed by atoms with Gasteiger partial charge in [0.1, 0.15) is 0 Å². The summed E-state index contributed by atoms with van der Waals surface area (Å²) in [7, 11) is 0. The maximum atomic E-state index is 11.9. The summed E-state index contributed by atoms with van der Waals surface area (Å²) >= 11 is 1.92. The van der Waals surface area contributed by atoms with Crippen LogP contribution in [0.25, 0.3) is 0 Å². The van der Waals surface area contributed by atoms with Crippen LogP contribution in [0.15, 0.2) is 0 Å². The highest BCUT2D eigenvalue weighted by Gasteiger charge is 2.39. The quantitative estimate of drug-likeness (QED) is 0.744. The first-order chi connectivity index (χ1) is 9.62. The summed E-state index contributed by atoms with van der Waals surface area (Å²) in [6, 6.07) is 0.0245. The molecule has 0 aromatic rings. The molecule has 0 bridgehead atoms. The van der Waals surface area contributed by atoms with E-state index in [0.717, 1.165) is 43.6 Å². The Morgan fingerprint density at radius 2 is 1.80 bits per heavy atom. The molecule has 0 spiro atoms. The SMILES string of the molecule is O=C(NCC1(C(=O)O)CCCCC1)NC1CCSCC1. The van der Waals surface area contributed by atoms with Gasteiger partial charge in [-0.2, -0.15) is 11.8 Å². The van der Waals surface area contributed by atoms with Crippen LogP contribution in [0.3, 0.4) is 0 Å². The molecular weight excluding hydrogens is 276 g/mol. The average Bonchev–Trinajstić information content (AvgIpc) is 2.47. The fraction of sp³-hybridized carbons (Fsp3) is 0.857. The van der Waals surface area contributed by atoms with E-state index in [2.05, 4.69) is 10.6 Å². The first-order valence-electron chi connectivity index (χ1n) is 7.48. The molecule has 2 amide bonds. The van der Waals surface area contributed by atoms with E-state index in [1.807, 2.05) is 11.8 Å². The zero-order chi connectivity index (χ0) is 14.4. The van der Waals surface area contributed by atoms with E-state index in [0.29, 0.717) is 12.8 Å². The molecule has 1 aliphatic carbocycles. The van der Waals surface area contributed by atoms with Crippen molar-refractivity contribution in [2.45, 2.75) is 51.0 Å². The van der Waals surface area contributed by atoms with Crippen LogP contribution in [-0.4, -0.2) is 41.2 Å². The molecular formula is C14H24N2O3S. The number of nitrogens with one attached hydrogen (secondary N) is 2. The van der Waals surface area contributed by atoms with Gasteiger partial charge in [-0.15, -0.1) is 0 Å². The van der Waals surface area contributed by atoms with Crippen LogP contribution >= 0.6 is 11.8 Å². The topological polar surface area (TPSA) is 78.4 Å². The van der Waals surface area contributed by atoms with Crippen molar-refractivity contribution < 1.29 is 14.7 Å². The number of carbonyl (C=O) groups is 2. The minimum absolute atomic E-state index is 0.215. The summed E-state index contributed by atoms with van der Waals surface area (Å²) in [4.78, 5) is 23.4. The van der Waals surface area contributed by atoms with E-state index < -0.39 is 11.4 Å². The number of hydrogen-bond donors (Lipinski definition) is 3. The third-order valence-electron chi connectivity index (χ3n) is 4.41. The largest absolute Gasteiger partial charge is 0.481 e. The monoisotopic (exact) mass is 300 g/mol. The molecule has 0 atom stereocenters. The lowest BCUT2D eigenvalue weighted by Crippen LogP contribution is -2.49. The third-order valence-corrected chi connectivity index (χ3v) is 5.46. The highest BCUT2D eigenvalue weighted by atomic mass is 32.2. The second-order valence-corrected chi connectivity index (χ2v) is 7.08. The predicted molar refractivity (Wildman–Crippen MR) is 80.0 cm³/mol. The van der Waals surface area contributed by atoms with Crippen LogP contribution in [0.4, 0.5) is 4.79 Å². The highest BCUT2D eigenvalue weighted by Crippen LogP contribution is 2.35. The molecule has 20 heavy (non-hydrogen) atoms. The number of hydrogen-bond acceptors (Lipinski definition) is 3. The molecule has 1 heterocycles. The van der Waals surface area contributed by atoms with E-state index in [-0.39, 0.29) is 18.6 Å². The van der Waals surface area contributed by atoms with Crippen molar-refractivity contribution in [3.8, 4) is 0 Å². The lowest BCUT2D eigenvalue weighted by Gasteiger charge is -2.33. The smallest absolute Gasteiger partial charge is 0.315 e. The number of amides is 2.